The number of amides is 1. The van der Waals surface area contributed by atoms with Gasteiger partial charge in [0.25, 0.3) is 5.91 Å². The molecule has 0 fully saturated rings. The lowest BCUT2D eigenvalue weighted by atomic mass is 10.0. The van der Waals surface area contributed by atoms with E-state index >= 15 is 0 Å². The van der Waals surface area contributed by atoms with Crippen LogP contribution >= 0.6 is 0 Å². The number of alkyl halides is 3. The third kappa shape index (κ3) is 3.83. The van der Waals surface area contributed by atoms with Crippen LogP contribution in [-0.2, 0) is 17.4 Å². The van der Waals surface area contributed by atoms with Crippen LogP contribution in [0.3, 0.4) is 0 Å². The SMILES string of the molecule is Cc1nc2ccc(C(F)(F)F)cn2c1C(=O)NC(Cc1c[nH]c2ccccc12)C(=O)O. The summed E-state index contributed by atoms with van der Waals surface area (Å²) in [6.07, 6.45) is -2.16. The predicted octanol–water partition coefficient (Wildman–Crippen LogP) is 3.57. The number of benzene rings is 1. The topological polar surface area (TPSA) is 99.5 Å². The minimum absolute atomic E-state index is 0.00529. The molecule has 3 aromatic heterocycles. The van der Waals surface area contributed by atoms with Crippen LogP contribution in [0.1, 0.15) is 27.3 Å². The third-order valence-corrected chi connectivity index (χ3v) is 5.04. The molecule has 1 atom stereocenters. The van der Waals surface area contributed by atoms with Crippen molar-refractivity contribution >= 4 is 28.4 Å². The van der Waals surface area contributed by atoms with Crippen LogP contribution in [0.2, 0.25) is 0 Å². The number of pyridine rings is 1. The number of nitrogens with one attached hydrogen (secondary N) is 2. The van der Waals surface area contributed by atoms with Crippen molar-refractivity contribution < 1.29 is 27.9 Å². The van der Waals surface area contributed by atoms with Crippen LogP contribution < -0.4 is 5.32 Å². The van der Waals surface area contributed by atoms with Crippen molar-refractivity contribution in [3.8, 4) is 0 Å². The highest BCUT2D eigenvalue weighted by molar-refractivity contribution is 5.97. The summed E-state index contributed by atoms with van der Waals surface area (Å²) in [4.78, 5) is 31.8. The Hall–Kier alpha value is -3.82. The normalized spacial score (nSPS) is 12.9. The Morgan fingerprint density at radius 1 is 1.23 bits per heavy atom. The van der Waals surface area contributed by atoms with E-state index in [9.17, 15) is 27.9 Å². The zero-order valence-electron chi connectivity index (χ0n) is 16.2. The number of para-hydroxylation sites is 1. The summed E-state index contributed by atoms with van der Waals surface area (Å²) in [6, 6.07) is 8.06. The average Bonchev–Trinajstić information content (AvgIpc) is 3.26. The maximum Gasteiger partial charge on any atom is 0.417 e. The molecule has 4 aromatic rings. The minimum Gasteiger partial charge on any atom is -0.480 e. The number of H-pyrrole nitrogens is 1. The van der Waals surface area contributed by atoms with E-state index in [1.165, 1.54) is 6.92 Å². The van der Waals surface area contributed by atoms with Gasteiger partial charge in [-0.2, -0.15) is 13.2 Å². The summed E-state index contributed by atoms with van der Waals surface area (Å²) in [5, 5.41) is 12.9. The van der Waals surface area contributed by atoms with Crippen molar-refractivity contribution in [3.05, 3.63) is 71.3 Å². The Labute approximate surface area is 173 Å². The number of carboxylic acid groups (broad SMARTS) is 1. The first-order valence-electron chi connectivity index (χ1n) is 9.29. The van der Waals surface area contributed by atoms with Gasteiger partial charge in [0.1, 0.15) is 17.4 Å². The molecule has 1 unspecified atom stereocenters. The molecular weight excluding hydrogens is 413 g/mol. The van der Waals surface area contributed by atoms with Gasteiger partial charge >= 0.3 is 12.1 Å². The molecule has 0 saturated heterocycles. The number of aliphatic carboxylic acids is 1. The molecule has 3 heterocycles. The Bertz CT molecular complexity index is 1310. The maximum absolute atomic E-state index is 13.1. The molecule has 31 heavy (non-hydrogen) atoms. The molecule has 0 bridgehead atoms. The molecule has 0 saturated carbocycles. The van der Waals surface area contributed by atoms with Crippen LogP contribution in [0.25, 0.3) is 16.6 Å². The second-order valence-corrected chi connectivity index (χ2v) is 7.12. The largest absolute Gasteiger partial charge is 0.480 e. The Balaban J connectivity index is 1.66. The number of hydrogen-bond acceptors (Lipinski definition) is 3. The first kappa shape index (κ1) is 20.5. The van der Waals surface area contributed by atoms with Gasteiger partial charge in [-0.1, -0.05) is 18.2 Å². The van der Waals surface area contributed by atoms with E-state index < -0.39 is 29.7 Å². The average molecular weight is 430 g/mol. The fourth-order valence-electron chi connectivity index (χ4n) is 3.55. The van der Waals surface area contributed by atoms with Gasteiger partial charge in [0.2, 0.25) is 0 Å². The maximum atomic E-state index is 13.1. The van der Waals surface area contributed by atoms with Crippen LogP contribution in [0.15, 0.2) is 48.8 Å². The molecule has 10 heteroatoms. The number of rotatable bonds is 5. The first-order valence-corrected chi connectivity index (χ1v) is 9.29. The number of imidazole rings is 1. The molecule has 1 aromatic carbocycles. The summed E-state index contributed by atoms with van der Waals surface area (Å²) >= 11 is 0. The monoisotopic (exact) mass is 430 g/mol. The standard InChI is InChI=1S/C21H17F3N4O3/c1-11-18(28-10-13(21(22,23)24)6-7-17(28)26-11)19(29)27-16(20(30)31)8-12-9-25-15-5-3-2-4-14(12)15/h2-7,9-10,16,25H,8H2,1H3,(H,27,29)(H,30,31). The fraction of sp³-hybridized carbons (Fsp3) is 0.190. The lowest BCUT2D eigenvalue weighted by Gasteiger charge is -2.15. The molecule has 3 N–H and O–H groups in total. The molecule has 7 nitrogen and oxygen atoms in total. The molecular formula is C21H17F3N4O3. The highest BCUT2D eigenvalue weighted by Crippen LogP contribution is 2.30. The second-order valence-electron chi connectivity index (χ2n) is 7.12. The summed E-state index contributed by atoms with van der Waals surface area (Å²) in [7, 11) is 0. The number of fused-ring (bicyclic) bond motifs is 2. The Kier molecular flexibility index (Phi) is 4.92. The number of carbonyl (C=O) groups is 2. The van der Waals surface area contributed by atoms with E-state index in [4.69, 9.17) is 0 Å². The van der Waals surface area contributed by atoms with Crippen LogP contribution in [0.5, 0.6) is 0 Å². The number of hydrogen-bond donors (Lipinski definition) is 3. The van der Waals surface area contributed by atoms with Gasteiger partial charge in [0.15, 0.2) is 0 Å². The van der Waals surface area contributed by atoms with E-state index in [-0.39, 0.29) is 23.5 Å². The number of carboxylic acids is 1. The highest BCUT2D eigenvalue weighted by Gasteiger charge is 2.32. The quantitative estimate of drug-likeness (QED) is 0.451. The lowest BCUT2D eigenvalue weighted by molar-refractivity contribution is -0.139. The zero-order valence-corrected chi connectivity index (χ0v) is 16.2. The number of carbonyl (C=O) groups excluding carboxylic acids is 1. The van der Waals surface area contributed by atoms with E-state index in [0.717, 1.165) is 33.6 Å². The third-order valence-electron chi connectivity index (χ3n) is 5.04. The van der Waals surface area contributed by atoms with Crippen molar-refractivity contribution in [2.75, 3.05) is 0 Å². The Morgan fingerprint density at radius 2 is 1.97 bits per heavy atom. The van der Waals surface area contributed by atoms with Crippen molar-refractivity contribution in [1.29, 1.82) is 0 Å². The van der Waals surface area contributed by atoms with E-state index in [2.05, 4.69) is 15.3 Å². The lowest BCUT2D eigenvalue weighted by Crippen LogP contribution is -2.42. The number of nitrogens with zero attached hydrogens (tertiary/aromatic N) is 2. The van der Waals surface area contributed by atoms with E-state index in [1.54, 1.807) is 6.20 Å². The van der Waals surface area contributed by atoms with Gasteiger partial charge in [-0.15, -0.1) is 0 Å². The van der Waals surface area contributed by atoms with Gasteiger partial charge in [-0.05, 0) is 30.7 Å². The van der Waals surface area contributed by atoms with E-state index in [0.29, 0.717) is 5.56 Å². The van der Waals surface area contributed by atoms with Gasteiger partial charge in [0.05, 0.1) is 11.3 Å². The van der Waals surface area contributed by atoms with Gasteiger partial charge in [0, 0.05) is 29.7 Å². The smallest absolute Gasteiger partial charge is 0.417 e. The number of aromatic amines is 1. The first-order chi connectivity index (χ1) is 14.6. The molecule has 1 amide bonds. The van der Waals surface area contributed by atoms with Crippen LogP contribution in [0, 0.1) is 6.92 Å². The van der Waals surface area contributed by atoms with Crippen LogP contribution in [0.4, 0.5) is 13.2 Å². The zero-order chi connectivity index (χ0) is 22.3. The summed E-state index contributed by atoms with van der Waals surface area (Å²) in [5.74, 6) is -2.09. The molecule has 0 aliphatic heterocycles. The summed E-state index contributed by atoms with van der Waals surface area (Å²) in [6.45, 7) is 1.48. The number of aryl methyl sites for hydroxylation is 1. The van der Waals surface area contributed by atoms with Crippen molar-refractivity contribution in [3.63, 3.8) is 0 Å². The van der Waals surface area contributed by atoms with Crippen LogP contribution in [-0.4, -0.2) is 37.4 Å². The summed E-state index contributed by atoms with van der Waals surface area (Å²) in [5.41, 5.74) is 0.765. The molecule has 4 rings (SSSR count). The highest BCUT2D eigenvalue weighted by atomic mass is 19.4. The molecule has 0 spiro atoms. The van der Waals surface area contributed by atoms with Gasteiger partial charge < -0.3 is 15.4 Å². The fourth-order valence-corrected chi connectivity index (χ4v) is 3.55. The molecule has 0 radical (unpaired) electrons. The van der Waals surface area contributed by atoms with Crippen molar-refractivity contribution in [1.82, 2.24) is 19.7 Å². The predicted molar refractivity (Wildman–Crippen MR) is 106 cm³/mol. The molecule has 0 aliphatic rings. The van der Waals surface area contributed by atoms with E-state index in [1.807, 2.05) is 24.3 Å². The van der Waals surface area contributed by atoms with Crippen molar-refractivity contribution in [2.45, 2.75) is 25.6 Å². The molecule has 0 aliphatic carbocycles. The van der Waals surface area contributed by atoms with Gasteiger partial charge in [-0.25, -0.2) is 9.78 Å². The number of aromatic nitrogens is 3. The minimum atomic E-state index is -4.60. The number of halogens is 3. The Morgan fingerprint density at radius 3 is 2.68 bits per heavy atom. The van der Waals surface area contributed by atoms with Crippen molar-refractivity contribution in [2.24, 2.45) is 0 Å². The molecule has 160 valence electrons. The van der Waals surface area contributed by atoms with Gasteiger partial charge in [-0.3, -0.25) is 9.20 Å². The second kappa shape index (κ2) is 7.46. The summed E-state index contributed by atoms with van der Waals surface area (Å²) < 4.78 is 40.3.